The summed E-state index contributed by atoms with van der Waals surface area (Å²) in [6.45, 7) is 1.20. The Hall–Kier alpha value is -1.43. The number of benzene rings is 1. The van der Waals surface area contributed by atoms with Gasteiger partial charge in [0.2, 0.25) is 5.91 Å². The summed E-state index contributed by atoms with van der Waals surface area (Å²) in [6, 6.07) is 1.43. The van der Waals surface area contributed by atoms with E-state index in [-0.39, 0.29) is 16.4 Å². The standard InChI is InChI=1S/C9H8ClF3N2O/c1-4(16)15-8-6(10)2-5(3-7(8)14)9(11,12)13/h2-3H,14H2,1H3,(H,15,16). The Morgan fingerprint density at radius 1 is 1.44 bits per heavy atom. The number of hydrogen-bond acceptors (Lipinski definition) is 2. The van der Waals surface area contributed by atoms with Crippen molar-refractivity contribution in [1.82, 2.24) is 0 Å². The van der Waals surface area contributed by atoms with Crippen molar-refractivity contribution in [3.63, 3.8) is 0 Å². The second kappa shape index (κ2) is 4.21. The lowest BCUT2D eigenvalue weighted by atomic mass is 10.1. The number of carbonyl (C=O) groups is 1. The maximum absolute atomic E-state index is 12.3. The zero-order valence-electron chi connectivity index (χ0n) is 8.15. The summed E-state index contributed by atoms with van der Waals surface area (Å²) in [6.07, 6.45) is -4.52. The molecule has 1 aromatic rings. The first kappa shape index (κ1) is 12.6. The van der Waals surface area contributed by atoms with Crippen LogP contribution in [0.1, 0.15) is 12.5 Å². The van der Waals surface area contributed by atoms with Crippen molar-refractivity contribution in [1.29, 1.82) is 0 Å². The predicted molar refractivity (Wildman–Crippen MR) is 55.2 cm³/mol. The molecular formula is C9H8ClF3N2O. The Morgan fingerprint density at radius 3 is 2.38 bits per heavy atom. The van der Waals surface area contributed by atoms with Crippen LogP contribution in [-0.4, -0.2) is 5.91 Å². The maximum Gasteiger partial charge on any atom is 0.416 e. The molecular weight excluding hydrogens is 245 g/mol. The van der Waals surface area contributed by atoms with Gasteiger partial charge in [-0.25, -0.2) is 0 Å². The van der Waals surface area contributed by atoms with E-state index in [4.69, 9.17) is 17.3 Å². The van der Waals surface area contributed by atoms with Crippen molar-refractivity contribution in [2.24, 2.45) is 0 Å². The normalized spacial score (nSPS) is 11.3. The second-order valence-electron chi connectivity index (χ2n) is 3.10. The summed E-state index contributed by atoms with van der Waals surface area (Å²) >= 11 is 5.59. The first-order valence-electron chi connectivity index (χ1n) is 4.15. The smallest absolute Gasteiger partial charge is 0.397 e. The van der Waals surface area contributed by atoms with E-state index in [9.17, 15) is 18.0 Å². The number of nitrogens with two attached hydrogens (primary N) is 1. The van der Waals surface area contributed by atoms with E-state index < -0.39 is 17.6 Å². The van der Waals surface area contributed by atoms with Crippen LogP contribution in [0.15, 0.2) is 12.1 Å². The van der Waals surface area contributed by atoms with Crippen LogP contribution in [0.5, 0.6) is 0 Å². The van der Waals surface area contributed by atoms with Crippen LogP contribution in [0.3, 0.4) is 0 Å². The minimum Gasteiger partial charge on any atom is -0.397 e. The Balaban J connectivity index is 3.23. The number of anilines is 2. The van der Waals surface area contributed by atoms with Gasteiger partial charge in [0.15, 0.2) is 0 Å². The van der Waals surface area contributed by atoms with Crippen molar-refractivity contribution in [2.75, 3.05) is 11.1 Å². The van der Waals surface area contributed by atoms with Gasteiger partial charge < -0.3 is 11.1 Å². The SMILES string of the molecule is CC(=O)Nc1c(N)cc(C(F)(F)F)cc1Cl. The molecule has 0 aliphatic heterocycles. The molecule has 7 heteroatoms. The topological polar surface area (TPSA) is 55.1 Å². The van der Waals surface area contributed by atoms with Crippen LogP contribution < -0.4 is 11.1 Å². The monoisotopic (exact) mass is 252 g/mol. The van der Waals surface area contributed by atoms with Crippen molar-refractivity contribution in [3.8, 4) is 0 Å². The van der Waals surface area contributed by atoms with Crippen LogP contribution in [0.2, 0.25) is 5.02 Å². The molecule has 88 valence electrons. The number of alkyl halides is 3. The molecule has 0 fully saturated rings. The molecule has 3 nitrogen and oxygen atoms in total. The molecule has 0 bridgehead atoms. The molecule has 1 aromatic carbocycles. The van der Waals surface area contributed by atoms with Gasteiger partial charge in [-0.3, -0.25) is 4.79 Å². The minimum absolute atomic E-state index is 0.0119. The zero-order chi connectivity index (χ0) is 12.5. The summed E-state index contributed by atoms with van der Waals surface area (Å²) in [5.41, 5.74) is 4.17. The van der Waals surface area contributed by atoms with E-state index in [0.717, 1.165) is 6.07 Å². The van der Waals surface area contributed by atoms with E-state index in [2.05, 4.69) is 5.32 Å². The summed E-state index contributed by atoms with van der Waals surface area (Å²) in [7, 11) is 0. The minimum atomic E-state index is -4.52. The van der Waals surface area contributed by atoms with Gasteiger partial charge >= 0.3 is 6.18 Å². The Labute approximate surface area is 94.4 Å². The van der Waals surface area contributed by atoms with E-state index in [1.807, 2.05) is 0 Å². The lowest BCUT2D eigenvalue weighted by Crippen LogP contribution is -2.11. The fourth-order valence-corrected chi connectivity index (χ4v) is 1.37. The van der Waals surface area contributed by atoms with Gasteiger partial charge in [0.25, 0.3) is 0 Å². The van der Waals surface area contributed by atoms with Crippen molar-refractivity contribution < 1.29 is 18.0 Å². The molecule has 1 rings (SSSR count). The number of nitrogens with one attached hydrogen (secondary N) is 1. The molecule has 3 N–H and O–H groups in total. The van der Waals surface area contributed by atoms with Crippen molar-refractivity contribution in [3.05, 3.63) is 22.7 Å². The molecule has 1 amide bonds. The van der Waals surface area contributed by atoms with E-state index in [1.54, 1.807) is 0 Å². The van der Waals surface area contributed by atoms with Crippen molar-refractivity contribution >= 4 is 28.9 Å². The molecule has 0 heterocycles. The maximum atomic E-state index is 12.3. The lowest BCUT2D eigenvalue weighted by molar-refractivity contribution is -0.137. The molecule has 0 radical (unpaired) electrons. The van der Waals surface area contributed by atoms with Crippen LogP contribution in [0.4, 0.5) is 24.5 Å². The predicted octanol–water partition coefficient (Wildman–Crippen LogP) is 2.90. The Kier molecular flexibility index (Phi) is 3.32. The Morgan fingerprint density at radius 2 is 2.00 bits per heavy atom. The first-order chi connectivity index (χ1) is 7.21. The summed E-state index contributed by atoms with van der Waals surface area (Å²) < 4.78 is 37.0. The van der Waals surface area contributed by atoms with Gasteiger partial charge in [0.1, 0.15) is 0 Å². The highest BCUT2D eigenvalue weighted by Gasteiger charge is 2.31. The number of hydrogen-bond donors (Lipinski definition) is 2. The average molecular weight is 253 g/mol. The van der Waals surface area contributed by atoms with Crippen LogP contribution in [0.25, 0.3) is 0 Å². The number of rotatable bonds is 1. The first-order valence-corrected chi connectivity index (χ1v) is 4.53. The number of amides is 1. The fourth-order valence-electron chi connectivity index (χ4n) is 1.10. The van der Waals surface area contributed by atoms with Gasteiger partial charge in [-0.1, -0.05) is 11.6 Å². The highest BCUT2D eigenvalue weighted by atomic mass is 35.5. The molecule has 0 spiro atoms. The lowest BCUT2D eigenvalue weighted by Gasteiger charge is -2.13. The zero-order valence-corrected chi connectivity index (χ0v) is 8.91. The van der Waals surface area contributed by atoms with E-state index in [0.29, 0.717) is 6.07 Å². The molecule has 0 unspecified atom stereocenters. The average Bonchev–Trinajstić information content (AvgIpc) is 2.09. The van der Waals surface area contributed by atoms with Crippen LogP contribution >= 0.6 is 11.6 Å². The third kappa shape index (κ3) is 2.79. The van der Waals surface area contributed by atoms with Gasteiger partial charge in [0, 0.05) is 6.92 Å². The molecule has 0 aromatic heterocycles. The highest BCUT2D eigenvalue weighted by Crippen LogP contribution is 2.37. The van der Waals surface area contributed by atoms with Crippen LogP contribution in [0, 0.1) is 0 Å². The molecule has 0 saturated carbocycles. The molecule has 0 aliphatic rings. The summed E-state index contributed by atoms with van der Waals surface area (Å²) in [4.78, 5) is 10.8. The van der Waals surface area contributed by atoms with Gasteiger partial charge in [0.05, 0.1) is 22.0 Å². The summed E-state index contributed by atoms with van der Waals surface area (Å²) in [5, 5.41) is 2.01. The largest absolute Gasteiger partial charge is 0.416 e. The third-order valence-corrected chi connectivity index (χ3v) is 2.05. The highest BCUT2D eigenvalue weighted by molar-refractivity contribution is 6.34. The Bertz CT molecular complexity index is 408. The second-order valence-corrected chi connectivity index (χ2v) is 3.51. The molecule has 0 aliphatic carbocycles. The number of halogens is 4. The number of carbonyl (C=O) groups excluding carboxylic acids is 1. The van der Waals surface area contributed by atoms with Crippen LogP contribution in [-0.2, 0) is 11.0 Å². The van der Waals surface area contributed by atoms with E-state index in [1.165, 1.54) is 6.92 Å². The summed E-state index contributed by atoms with van der Waals surface area (Å²) in [5.74, 6) is -0.464. The van der Waals surface area contributed by atoms with Gasteiger partial charge in [-0.05, 0) is 12.1 Å². The molecule has 0 atom stereocenters. The molecule has 16 heavy (non-hydrogen) atoms. The fraction of sp³-hybridized carbons (Fsp3) is 0.222. The third-order valence-electron chi connectivity index (χ3n) is 1.75. The van der Waals surface area contributed by atoms with E-state index >= 15 is 0 Å². The molecule has 0 saturated heterocycles. The van der Waals surface area contributed by atoms with Gasteiger partial charge in [-0.15, -0.1) is 0 Å². The van der Waals surface area contributed by atoms with Gasteiger partial charge in [-0.2, -0.15) is 13.2 Å². The quantitative estimate of drug-likeness (QED) is 0.755. The number of nitrogen functional groups attached to an aromatic ring is 1. The van der Waals surface area contributed by atoms with Crippen molar-refractivity contribution in [2.45, 2.75) is 13.1 Å².